The number of fused-ring (bicyclic) bond motifs is 1. The van der Waals surface area contributed by atoms with E-state index in [0.717, 1.165) is 6.26 Å². The van der Waals surface area contributed by atoms with Gasteiger partial charge in [-0.3, -0.25) is 9.52 Å². The third-order valence-electron chi connectivity index (χ3n) is 2.31. The van der Waals surface area contributed by atoms with E-state index in [2.05, 4.69) is 20.0 Å². The number of aromatic nitrogens is 2. The topological polar surface area (TPSA) is 104 Å². The number of rotatable bonds is 3. The highest BCUT2D eigenvalue weighted by atomic mass is 32.2. The Hall–Kier alpha value is -2.09. The number of pyridine rings is 1. The first-order chi connectivity index (χ1) is 8.40. The molecule has 7 nitrogen and oxygen atoms in total. The largest absolute Gasteiger partial charge is 0.355 e. The molecule has 0 spiro atoms. The first kappa shape index (κ1) is 12.4. The van der Waals surface area contributed by atoms with Crippen LogP contribution in [0.1, 0.15) is 10.4 Å². The molecule has 2 heterocycles. The molecule has 0 aromatic carbocycles. The summed E-state index contributed by atoms with van der Waals surface area (Å²) in [5.74, 6) is -0.264. The van der Waals surface area contributed by atoms with E-state index in [1.54, 1.807) is 6.07 Å². The predicted octanol–water partition coefficient (Wildman–Crippen LogP) is 0.294. The van der Waals surface area contributed by atoms with Crippen LogP contribution in [0.5, 0.6) is 0 Å². The Morgan fingerprint density at radius 3 is 2.78 bits per heavy atom. The number of carbonyl (C=O) groups excluding carboxylic acids is 1. The van der Waals surface area contributed by atoms with Crippen LogP contribution in [0, 0.1) is 0 Å². The Bertz CT molecular complexity index is 705. The summed E-state index contributed by atoms with van der Waals surface area (Å²) in [5.41, 5.74) is 1.25. The predicted molar refractivity (Wildman–Crippen MR) is 68.0 cm³/mol. The van der Waals surface area contributed by atoms with Gasteiger partial charge >= 0.3 is 0 Å². The van der Waals surface area contributed by atoms with Crippen LogP contribution in [-0.2, 0) is 10.0 Å². The Balaban J connectivity index is 2.52. The molecule has 0 saturated heterocycles. The molecule has 3 N–H and O–H groups in total. The van der Waals surface area contributed by atoms with Crippen LogP contribution < -0.4 is 10.0 Å². The van der Waals surface area contributed by atoms with Crippen LogP contribution in [0.4, 0.5) is 5.69 Å². The maximum atomic E-state index is 11.6. The van der Waals surface area contributed by atoms with Crippen molar-refractivity contribution in [3.8, 4) is 0 Å². The molecule has 1 amide bonds. The number of anilines is 1. The van der Waals surface area contributed by atoms with Crippen molar-refractivity contribution in [2.75, 3.05) is 18.0 Å². The van der Waals surface area contributed by atoms with Crippen molar-refractivity contribution in [3.63, 3.8) is 0 Å². The number of H-pyrrole nitrogens is 1. The number of hydrogen-bond acceptors (Lipinski definition) is 4. The molecule has 0 atom stereocenters. The van der Waals surface area contributed by atoms with Gasteiger partial charge in [0.05, 0.1) is 23.7 Å². The average Bonchev–Trinajstić information content (AvgIpc) is 2.69. The minimum Gasteiger partial charge on any atom is -0.355 e. The molecular weight excluding hydrogens is 256 g/mol. The highest BCUT2D eigenvalue weighted by Crippen LogP contribution is 2.20. The first-order valence-electron chi connectivity index (χ1n) is 5.08. The lowest BCUT2D eigenvalue weighted by Gasteiger charge is -2.03. The van der Waals surface area contributed by atoms with Crippen molar-refractivity contribution in [2.24, 2.45) is 0 Å². The van der Waals surface area contributed by atoms with Gasteiger partial charge < -0.3 is 10.3 Å². The number of nitrogens with zero attached hydrogens (tertiary/aromatic N) is 1. The molecular formula is C10H12N4O3S. The lowest BCUT2D eigenvalue weighted by atomic mass is 10.2. The molecule has 0 unspecified atom stereocenters. The van der Waals surface area contributed by atoms with E-state index in [1.165, 1.54) is 19.4 Å². The van der Waals surface area contributed by atoms with Gasteiger partial charge in [-0.2, -0.15) is 0 Å². The summed E-state index contributed by atoms with van der Waals surface area (Å²) in [6.07, 6.45) is 3.96. The van der Waals surface area contributed by atoms with Crippen LogP contribution in [0.3, 0.4) is 0 Å². The van der Waals surface area contributed by atoms with Crippen LogP contribution in [0.2, 0.25) is 0 Å². The Kier molecular flexibility index (Phi) is 2.95. The third kappa shape index (κ3) is 2.43. The van der Waals surface area contributed by atoms with Crippen molar-refractivity contribution in [3.05, 3.63) is 24.0 Å². The molecule has 2 aromatic rings. The summed E-state index contributed by atoms with van der Waals surface area (Å²) in [6.45, 7) is 0. The van der Waals surface area contributed by atoms with E-state index in [-0.39, 0.29) is 5.91 Å². The molecule has 2 rings (SSSR count). The second-order valence-electron chi connectivity index (χ2n) is 3.78. The standard InChI is InChI=1S/C10H12N4O3S/c1-11-10(15)8-5-13-9-7(8)3-6(4-12-9)14-18(2,16)17/h3-5,14H,1-2H3,(H,11,15)(H,12,13). The molecule has 0 aliphatic rings. The lowest BCUT2D eigenvalue weighted by Crippen LogP contribution is -2.17. The molecule has 0 aliphatic carbocycles. The highest BCUT2D eigenvalue weighted by Gasteiger charge is 2.12. The molecule has 8 heteroatoms. The monoisotopic (exact) mass is 268 g/mol. The Labute approximate surface area is 104 Å². The fourth-order valence-corrected chi connectivity index (χ4v) is 2.14. The van der Waals surface area contributed by atoms with E-state index in [4.69, 9.17) is 0 Å². The lowest BCUT2D eigenvalue weighted by molar-refractivity contribution is 0.0965. The van der Waals surface area contributed by atoms with Crippen LogP contribution in [0.15, 0.2) is 18.5 Å². The van der Waals surface area contributed by atoms with Crippen molar-refractivity contribution in [1.82, 2.24) is 15.3 Å². The number of carbonyl (C=O) groups is 1. The Morgan fingerprint density at radius 2 is 2.17 bits per heavy atom. The highest BCUT2D eigenvalue weighted by molar-refractivity contribution is 7.92. The summed E-state index contributed by atoms with van der Waals surface area (Å²) in [4.78, 5) is 18.5. The van der Waals surface area contributed by atoms with Gasteiger partial charge in [0.2, 0.25) is 10.0 Å². The van der Waals surface area contributed by atoms with Crippen molar-refractivity contribution in [2.45, 2.75) is 0 Å². The summed E-state index contributed by atoms with van der Waals surface area (Å²) < 4.78 is 24.6. The molecule has 0 fully saturated rings. The molecule has 18 heavy (non-hydrogen) atoms. The quantitative estimate of drug-likeness (QED) is 0.744. The van der Waals surface area contributed by atoms with E-state index in [1.807, 2.05) is 0 Å². The van der Waals surface area contributed by atoms with Crippen LogP contribution >= 0.6 is 0 Å². The first-order valence-corrected chi connectivity index (χ1v) is 6.97. The number of aromatic amines is 1. The zero-order chi connectivity index (χ0) is 13.3. The second kappa shape index (κ2) is 4.30. The average molecular weight is 268 g/mol. The van der Waals surface area contributed by atoms with Crippen molar-refractivity contribution < 1.29 is 13.2 Å². The molecule has 0 saturated carbocycles. The fourth-order valence-electron chi connectivity index (χ4n) is 1.60. The summed E-state index contributed by atoms with van der Waals surface area (Å²) in [5, 5.41) is 3.06. The molecule has 2 aromatic heterocycles. The van der Waals surface area contributed by atoms with Gasteiger partial charge in [-0.1, -0.05) is 0 Å². The van der Waals surface area contributed by atoms with E-state index < -0.39 is 10.0 Å². The number of hydrogen-bond donors (Lipinski definition) is 3. The van der Waals surface area contributed by atoms with Gasteiger partial charge in [0, 0.05) is 18.6 Å². The van der Waals surface area contributed by atoms with Gasteiger partial charge in [0.1, 0.15) is 5.65 Å². The normalized spacial score (nSPS) is 11.4. The summed E-state index contributed by atoms with van der Waals surface area (Å²) in [7, 11) is -1.85. The van der Waals surface area contributed by atoms with Gasteiger partial charge in [0.25, 0.3) is 5.91 Å². The fraction of sp³-hybridized carbons (Fsp3) is 0.200. The van der Waals surface area contributed by atoms with E-state index in [9.17, 15) is 13.2 Å². The second-order valence-corrected chi connectivity index (χ2v) is 5.52. The number of nitrogens with one attached hydrogen (secondary N) is 3. The minimum atomic E-state index is -3.37. The zero-order valence-electron chi connectivity index (χ0n) is 9.81. The van der Waals surface area contributed by atoms with Crippen LogP contribution in [-0.4, -0.2) is 37.6 Å². The summed E-state index contributed by atoms with van der Waals surface area (Å²) >= 11 is 0. The number of amides is 1. The number of sulfonamides is 1. The SMILES string of the molecule is CNC(=O)c1c[nH]c2ncc(NS(C)(=O)=O)cc12. The van der Waals surface area contributed by atoms with Gasteiger partial charge in [-0.25, -0.2) is 13.4 Å². The minimum absolute atomic E-state index is 0.264. The molecule has 0 aliphatic heterocycles. The van der Waals surface area contributed by atoms with Crippen molar-refractivity contribution >= 4 is 32.7 Å². The van der Waals surface area contributed by atoms with Crippen molar-refractivity contribution in [1.29, 1.82) is 0 Å². The van der Waals surface area contributed by atoms with Gasteiger partial charge in [0.15, 0.2) is 0 Å². The van der Waals surface area contributed by atoms with Crippen LogP contribution in [0.25, 0.3) is 11.0 Å². The van der Waals surface area contributed by atoms with Gasteiger partial charge in [-0.15, -0.1) is 0 Å². The molecule has 0 radical (unpaired) electrons. The third-order valence-corrected chi connectivity index (χ3v) is 2.91. The van der Waals surface area contributed by atoms with Gasteiger partial charge in [-0.05, 0) is 6.07 Å². The molecule has 96 valence electrons. The maximum absolute atomic E-state index is 11.6. The summed E-state index contributed by atoms with van der Waals surface area (Å²) in [6, 6.07) is 1.56. The smallest absolute Gasteiger partial charge is 0.253 e. The van der Waals surface area contributed by atoms with E-state index in [0.29, 0.717) is 22.3 Å². The van der Waals surface area contributed by atoms with E-state index >= 15 is 0 Å². The molecule has 0 bridgehead atoms. The zero-order valence-corrected chi connectivity index (χ0v) is 10.6. The maximum Gasteiger partial charge on any atom is 0.253 e. The Morgan fingerprint density at radius 1 is 1.44 bits per heavy atom.